The van der Waals surface area contributed by atoms with E-state index >= 15 is 0 Å². The van der Waals surface area contributed by atoms with Crippen LogP contribution in [0.3, 0.4) is 0 Å². The highest BCUT2D eigenvalue weighted by Crippen LogP contribution is 2.34. The van der Waals surface area contributed by atoms with Crippen molar-refractivity contribution in [1.82, 2.24) is 4.98 Å². The molecule has 0 bridgehead atoms. The molecule has 4 aromatic rings. The molecule has 1 heterocycles. The zero-order valence-corrected chi connectivity index (χ0v) is 18.2. The standard InChI is InChI=1S/C26H19F4NO3/c1-14(2)34-18-7-3-15(4-8-18)19-9-5-16(11-22(19)27)24-13-21(25(32)33)20-12-17(26(28,29)30)6-10-23(20)31-24/h3-14H,1-2H3,(H,32,33). The Morgan fingerprint density at radius 3 is 2.21 bits per heavy atom. The van der Waals surface area contributed by atoms with Gasteiger partial charge in [-0.2, -0.15) is 13.2 Å². The fraction of sp³-hybridized carbons (Fsp3) is 0.154. The minimum atomic E-state index is -4.62. The number of ether oxygens (including phenoxy) is 1. The second-order valence-corrected chi connectivity index (χ2v) is 7.98. The quantitative estimate of drug-likeness (QED) is 0.314. The summed E-state index contributed by atoms with van der Waals surface area (Å²) < 4.78 is 59.8. The number of carboxylic acid groups (broad SMARTS) is 1. The van der Waals surface area contributed by atoms with Crippen molar-refractivity contribution in [3.63, 3.8) is 0 Å². The predicted octanol–water partition coefficient (Wildman–Crippen LogP) is 7.21. The largest absolute Gasteiger partial charge is 0.491 e. The van der Waals surface area contributed by atoms with Crippen LogP contribution in [0.2, 0.25) is 0 Å². The molecule has 3 aromatic carbocycles. The van der Waals surface area contributed by atoms with E-state index in [0.29, 0.717) is 22.4 Å². The smallest absolute Gasteiger partial charge is 0.416 e. The minimum Gasteiger partial charge on any atom is -0.491 e. The molecule has 0 aliphatic heterocycles. The van der Waals surface area contributed by atoms with Gasteiger partial charge in [0, 0.05) is 16.5 Å². The van der Waals surface area contributed by atoms with Crippen molar-refractivity contribution < 1.29 is 32.2 Å². The molecular weight excluding hydrogens is 450 g/mol. The van der Waals surface area contributed by atoms with Gasteiger partial charge in [-0.15, -0.1) is 0 Å². The van der Waals surface area contributed by atoms with Crippen LogP contribution in [-0.4, -0.2) is 22.2 Å². The highest BCUT2D eigenvalue weighted by atomic mass is 19.4. The van der Waals surface area contributed by atoms with E-state index in [4.69, 9.17) is 4.74 Å². The molecule has 0 saturated heterocycles. The van der Waals surface area contributed by atoms with Crippen LogP contribution >= 0.6 is 0 Å². The number of carboxylic acids is 1. The zero-order chi connectivity index (χ0) is 24.6. The van der Waals surface area contributed by atoms with E-state index < -0.39 is 23.5 Å². The average Bonchev–Trinajstić information content (AvgIpc) is 2.77. The van der Waals surface area contributed by atoms with E-state index in [1.807, 2.05) is 13.8 Å². The van der Waals surface area contributed by atoms with E-state index in [0.717, 1.165) is 24.3 Å². The molecule has 1 aromatic heterocycles. The third-order valence-corrected chi connectivity index (χ3v) is 5.17. The summed E-state index contributed by atoms with van der Waals surface area (Å²) in [6, 6.07) is 15.1. The Balaban J connectivity index is 1.74. The van der Waals surface area contributed by atoms with Crippen LogP contribution in [0.4, 0.5) is 17.6 Å². The van der Waals surface area contributed by atoms with Crippen LogP contribution < -0.4 is 4.74 Å². The molecule has 34 heavy (non-hydrogen) atoms. The molecular formula is C26H19F4NO3. The van der Waals surface area contributed by atoms with Crippen molar-refractivity contribution in [3.8, 4) is 28.1 Å². The first-order chi connectivity index (χ1) is 16.0. The number of rotatable bonds is 5. The van der Waals surface area contributed by atoms with Gasteiger partial charge < -0.3 is 9.84 Å². The van der Waals surface area contributed by atoms with Gasteiger partial charge in [0.15, 0.2) is 0 Å². The third kappa shape index (κ3) is 4.71. The summed E-state index contributed by atoms with van der Waals surface area (Å²) in [5, 5.41) is 9.43. The molecule has 0 aliphatic carbocycles. The maximum absolute atomic E-state index is 15.0. The van der Waals surface area contributed by atoms with Crippen molar-refractivity contribution in [2.75, 3.05) is 0 Å². The van der Waals surface area contributed by atoms with Gasteiger partial charge in [0.2, 0.25) is 0 Å². The molecule has 4 rings (SSSR count). The number of hydrogen-bond donors (Lipinski definition) is 1. The van der Waals surface area contributed by atoms with Crippen LogP contribution in [0.1, 0.15) is 29.8 Å². The van der Waals surface area contributed by atoms with E-state index in [2.05, 4.69) is 4.98 Å². The number of benzene rings is 3. The Hall–Kier alpha value is -3.94. The summed E-state index contributed by atoms with van der Waals surface area (Å²) >= 11 is 0. The lowest BCUT2D eigenvalue weighted by Gasteiger charge is -2.12. The molecule has 174 valence electrons. The number of halogens is 4. The lowest BCUT2D eigenvalue weighted by molar-refractivity contribution is -0.137. The number of aromatic carboxylic acids is 1. The van der Waals surface area contributed by atoms with Crippen molar-refractivity contribution in [2.45, 2.75) is 26.1 Å². The first-order valence-corrected chi connectivity index (χ1v) is 10.4. The SMILES string of the molecule is CC(C)Oc1ccc(-c2ccc(-c3cc(C(=O)O)c4cc(C(F)(F)F)ccc4n3)cc2F)cc1. The molecule has 0 atom stereocenters. The summed E-state index contributed by atoms with van der Waals surface area (Å²) in [6.07, 6.45) is -4.62. The minimum absolute atomic E-state index is 0.00654. The molecule has 0 unspecified atom stereocenters. The van der Waals surface area contributed by atoms with E-state index in [1.54, 1.807) is 36.4 Å². The molecule has 0 fully saturated rings. The fourth-order valence-electron chi connectivity index (χ4n) is 3.62. The highest BCUT2D eigenvalue weighted by molar-refractivity contribution is 6.04. The van der Waals surface area contributed by atoms with Gasteiger partial charge in [-0.3, -0.25) is 0 Å². The number of aromatic nitrogens is 1. The lowest BCUT2D eigenvalue weighted by Crippen LogP contribution is -2.06. The van der Waals surface area contributed by atoms with E-state index in [1.165, 1.54) is 6.07 Å². The summed E-state index contributed by atoms with van der Waals surface area (Å²) in [4.78, 5) is 16.0. The average molecular weight is 469 g/mol. The highest BCUT2D eigenvalue weighted by Gasteiger charge is 2.31. The van der Waals surface area contributed by atoms with Gasteiger partial charge in [-0.25, -0.2) is 14.2 Å². The van der Waals surface area contributed by atoms with Crippen molar-refractivity contribution in [2.24, 2.45) is 0 Å². The first kappa shape index (κ1) is 23.2. The van der Waals surface area contributed by atoms with Gasteiger partial charge in [-0.1, -0.05) is 24.3 Å². The van der Waals surface area contributed by atoms with Crippen molar-refractivity contribution in [1.29, 1.82) is 0 Å². The second kappa shape index (κ2) is 8.78. The zero-order valence-electron chi connectivity index (χ0n) is 18.2. The Bertz CT molecular complexity index is 1380. The molecule has 0 spiro atoms. The van der Waals surface area contributed by atoms with Crippen LogP contribution in [0.25, 0.3) is 33.3 Å². The maximum Gasteiger partial charge on any atom is 0.416 e. The van der Waals surface area contributed by atoms with Gasteiger partial charge in [-0.05, 0) is 61.9 Å². The number of fused-ring (bicyclic) bond motifs is 1. The van der Waals surface area contributed by atoms with E-state index in [9.17, 15) is 27.5 Å². The molecule has 8 heteroatoms. The lowest BCUT2D eigenvalue weighted by atomic mass is 9.99. The number of pyridine rings is 1. The molecule has 4 nitrogen and oxygen atoms in total. The fourth-order valence-corrected chi connectivity index (χ4v) is 3.62. The monoisotopic (exact) mass is 469 g/mol. The first-order valence-electron chi connectivity index (χ1n) is 10.4. The van der Waals surface area contributed by atoms with Gasteiger partial charge >= 0.3 is 12.1 Å². The molecule has 1 N–H and O–H groups in total. The predicted molar refractivity (Wildman–Crippen MR) is 120 cm³/mol. The Labute approximate surface area is 192 Å². The Kier molecular flexibility index (Phi) is 6.00. The Morgan fingerprint density at radius 2 is 1.62 bits per heavy atom. The summed E-state index contributed by atoms with van der Waals surface area (Å²) in [7, 11) is 0. The third-order valence-electron chi connectivity index (χ3n) is 5.17. The summed E-state index contributed by atoms with van der Waals surface area (Å²) in [5.41, 5.74) is 0.120. The van der Waals surface area contributed by atoms with Gasteiger partial charge in [0.05, 0.1) is 28.4 Å². The van der Waals surface area contributed by atoms with Crippen LogP contribution in [0.15, 0.2) is 66.7 Å². The second-order valence-electron chi connectivity index (χ2n) is 7.98. The van der Waals surface area contributed by atoms with Gasteiger partial charge in [0.1, 0.15) is 11.6 Å². The Morgan fingerprint density at radius 1 is 0.941 bits per heavy atom. The van der Waals surface area contributed by atoms with Gasteiger partial charge in [0.25, 0.3) is 0 Å². The number of nitrogens with zero attached hydrogens (tertiary/aromatic N) is 1. The van der Waals surface area contributed by atoms with E-state index in [-0.39, 0.29) is 28.3 Å². The summed E-state index contributed by atoms with van der Waals surface area (Å²) in [6.45, 7) is 3.80. The van der Waals surface area contributed by atoms with Crippen LogP contribution in [0.5, 0.6) is 5.75 Å². The number of hydrogen-bond acceptors (Lipinski definition) is 3. The van der Waals surface area contributed by atoms with Crippen molar-refractivity contribution >= 4 is 16.9 Å². The van der Waals surface area contributed by atoms with Crippen LogP contribution in [0, 0.1) is 5.82 Å². The maximum atomic E-state index is 15.0. The number of carbonyl (C=O) groups is 1. The molecule has 0 aliphatic rings. The molecule has 0 radical (unpaired) electrons. The normalized spacial score (nSPS) is 11.7. The molecule has 0 amide bonds. The van der Waals surface area contributed by atoms with Crippen molar-refractivity contribution in [3.05, 3.63) is 83.7 Å². The van der Waals surface area contributed by atoms with Crippen LogP contribution in [-0.2, 0) is 6.18 Å². The summed E-state index contributed by atoms with van der Waals surface area (Å²) in [5.74, 6) is -1.30. The number of alkyl halides is 3. The topological polar surface area (TPSA) is 59.4 Å². The molecule has 0 saturated carbocycles.